The van der Waals surface area contributed by atoms with Crippen LogP contribution in [-0.2, 0) is 13.5 Å². The van der Waals surface area contributed by atoms with Crippen LogP contribution >= 0.6 is 11.8 Å². The Morgan fingerprint density at radius 1 is 1.32 bits per heavy atom. The number of likely N-dealkylation sites (tertiary alicyclic amines) is 1. The summed E-state index contributed by atoms with van der Waals surface area (Å²) in [5.74, 6) is 1.78. The third-order valence-electron chi connectivity index (χ3n) is 5.61. The van der Waals surface area contributed by atoms with Crippen LogP contribution in [0.3, 0.4) is 0 Å². The van der Waals surface area contributed by atoms with Crippen LogP contribution in [0.4, 0.5) is 0 Å². The monoisotopic (exact) mass is 397 g/mol. The minimum Gasteiger partial charge on any atom is -0.357 e. The molecule has 6 heteroatoms. The van der Waals surface area contributed by atoms with Crippen LogP contribution in [0.15, 0.2) is 52.6 Å². The second-order valence-electron chi connectivity index (χ2n) is 8.10. The number of rotatable bonds is 7. The van der Waals surface area contributed by atoms with Gasteiger partial charge in [-0.05, 0) is 56.2 Å². The molecule has 1 aliphatic carbocycles. The molecule has 1 unspecified atom stereocenters. The highest BCUT2D eigenvalue weighted by molar-refractivity contribution is 8.01. The molecule has 2 heterocycles. The average molecular weight is 398 g/mol. The van der Waals surface area contributed by atoms with E-state index in [0.29, 0.717) is 10.7 Å². The van der Waals surface area contributed by atoms with E-state index >= 15 is 0 Å². The van der Waals surface area contributed by atoms with Crippen LogP contribution in [0.1, 0.15) is 31.7 Å². The lowest BCUT2D eigenvalue weighted by Crippen LogP contribution is -2.40. The van der Waals surface area contributed by atoms with E-state index < -0.39 is 0 Å². The van der Waals surface area contributed by atoms with Crippen molar-refractivity contribution in [3.63, 3.8) is 0 Å². The molecule has 1 saturated carbocycles. The van der Waals surface area contributed by atoms with Gasteiger partial charge in [-0.2, -0.15) is 5.10 Å². The normalized spacial score (nSPS) is 21.1. The minimum atomic E-state index is 0.302. The van der Waals surface area contributed by atoms with Gasteiger partial charge in [-0.3, -0.25) is 9.67 Å². The Kier molecular flexibility index (Phi) is 5.95. The predicted molar refractivity (Wildman–Crippen MR) is 117 cm³/mol. The fourth-order valence-corrected chi connectivity index (χ4v) is 5.15. The van der Waals surface area contributed by atoms with Gasteiger partial charge in [-0.1, -0.05) is 18.2 Å². The van der Waals surface area contributed by atoms with Gasteiger partial charge in [0.1, 0.15) is 0 Å². The van der Waals surface area contributed by atoms with Gasteiger partial charge in [0.15, 0.2) is 5.96 Å². The summed E-state index contributed by atoms with van der Waals surface area (Å²) in [6.07, 6.45) is 9.00. The Morgan fingerprint density at radius 2 is 2.14 bits per heavy atom. The van der Waals surface area contributed by atoms with E-state index in [1.54, 1.807) is 0 Å². The number of guanidine groups is 1. The summed E-state index contributed by atoms with van der Waals surface area (Å²) in [5, 5.41) is 7.83. The molecule has 5 nitrogen and oxygen atoms in total. The average Bonchev–Trinajstić information content (AvgIpc) is 3.09. The summed E-state index contributed by atoms with van der Waals surface area (Å²) >= 11 is 2.00. The van der Waals surface area contributed by atoms with Gasteiger partial charge >= 0.3 is 0 Å². The molecule has 2 fully saturated rings. The fraction of sp³-hybridized carbons (Fsp3) is 0.545. The van der Waals surface area contributed by atoms with Gasteiger partial charge in [-0.25, -0.2) is 0 Å². The van der Waals surface area contributed by atoms with E-state index in [-0.39, 0.29) is 0 Å². The van der Waals surface area contributed by atoms with Gasteiger partial charge in [0.25, 0.3) is 0 Å². The summed E-state index contributed by atoms with van der Waals surface area (Å²) in [7, 11) is 1.99. The minimum absolute atomic E-state index is 0.302. The number of thioether (sulfide) groups is 1. The van der Waals surface area contributed by atoms with Crippen molar-refractivity contribution in [1.29, 1.82) is 0 Å². The Labute approximate surface area is 172 Å². The molecule has 2 aliphatic rings. The van der Waals surface area contributed by atoms with E-state index in [1.165, 1.54) is 29.7 Å². The second-order valence-corrected chi connectivity index (χ2v) is 9.64. The maximum atomic E-state index is 5.07. The number of aromatic nitrogens is 2. The summed E-state index contributed by atoms with van der Waals surface area (Å²) < 4.78 is 2.20. The molecule has 0 bridgehead atoms. The zero-order valence-electron chi connectivity index (χ0n) is 17.0. The van der Waals surface area contributed by atoms with Gasteiger partial charge in [0.2, 0.25) is 0 Å². The standard InChI is InChI=1S/C22H31N5S/c1-3-23-21(24-17-22(10-11-22)28-20-7-5-4-6-8-20)27-12-9-18(16-27)13-19-14-25-26(2)15-19/h4-8,14-15,18H,3,9-13,16-17H2,1-2H3,(H,23,24). The van der Waals surface area contributed by atoms with E-state index in [9.17, 15) is 0 Å². The topological polar surface area (TPSA) is 45.5 Å². The first kappa shape index (κ1) is 19.4. The maximum absolute atomic E-state index is 5.07. The van der Waals surface area contributed by atoms with Crippen molar-refractivity contribution < 1.29 is 0 Å². The lowest BCUT2D eigenvalue weighted by Gasteiger charge is -2.23. The Balaban J connectivity index is 1.35. The number of nitrogens with zero attached hydrogens (tertiary/aromatic N) is 4. The Morgan fingerprint density at radius 3 is 2.82 bits per heavy atom. The molecule has 4 rings (SSSR count). The Hall–Kier alpha value is -1.95. The second kappa shape index (κ2) is 8.60. The molecule has 0 radical (unpaired) electrons. The zero-order chi connectivity index (χ0) is 19.4. The molecule has 0 amide bonds. The largest absolute Gasteiger partial charge is 0.357 e. The highest BCUT2D eigenvalue weighted by atomic mass is 32.2. The van der Waals surface area contributed by atoms with Crippen LogP contribution < -0.4 is 5.32 Å². The first-order chi connectivity index (χ1) is 13.7. The lowest BCUT2D eigenvalue weighted by molar-refractivity contribution is 0.460. The van der Waals surface area contributed by atoms with Crippen LogP contribution in [0.5, 0.6) is 0 Å². The van der Waals surface area contributed by atoms with E-state index in [4.69, 9.17) is 4.99 Å². The number of nitrogens with one attached hydrogen (secondary N) is 1. The summed E-state index contributed by atoms with van der Waals surface area (Å²) in [5.41, 5.74) is 1.34. The molecule has 1 aliphatic heterocycles. The molecule has 2 aromatic rings. The smallest absolute Gasteiger partial charge is 0.193 e. The third kappa shape index (κ3) is 4.90. The molecular formula is C22H31N5S. The van der Waals surface area contributed by atoms with E-state index in [2.05, 4.69) is 58.8 Å². The summed E-state index contributed by atoms with van der Waals surface area (Å²) in [6, 6.07) is 10.8. The van der Waals surface area contributed by atoms with Crippen molar-refractivity contribution in [2.75, 3.05) is 26.2 Å². The van der Waals surface area contributed by atoms with Gasteiger partial charge in [0.05, 0.1) is 12.7 Å². The first-order valence-electron chi connectivity index (χ1n) is 10.4. The van der Waals surface area contributed by atoms with Crippen molar-refractivity contribution in [3.8, 4) is 0 Å². The van der Waals surface area contributed by atoms with Crippen molar-refractivity contribution >= 4 is 17.7 Å². The third-order valence-corrected chi connectivity index (χ3v) is 7.08. The van der Waals surface area contributed by atoms with Crippen molar-refractivity contribution in [2.24, 2.45) is 18.0 Å². The SMILES string of the molecule is CCNC(=NCC1(Sc2ccccc2)CC1)N1CCC(Cc2cnn(C)c2)C1. The number of hydrogen-bond acceptors (Lipinski definition) is 3. The molecule has 1 atom stereocenters. The molecule has 150 valence electrons. The van der Waals surface area contributed by atoms with Crippen LogP contribution in [-0.4, -0.2) is 51.6 Å². The van der Waals surface area contributed by atoms with Crippen LogP contribution in [0.2, 0.25) is 0 Å². The van der Waals surface area contributed by atoms with Crippen molar-refractivity contribution in [1.82, 2.24) is 20.0 Å². The van der Waals surface area contributed by atoms with Crippen LogP contribution in [0, 0.1) is 5.92 Å². The number of aryl methyl sites for hydroxylation is 1. The molecule has 0 spiro atoms. The molecular weight excluding hydrogens is 366 g/mol. The maximum Gasteiger partial charge on any atom is 0.193 e. The van der Waals surface area contributed by atoms with E-state index in [0.717, 1.165) is 38.6 Å². The predicted octanol–water partition coefficient (Wildman–Crippen LogP) is 3.57. The highest BCUT2D eigenvalue weighted by Gasteiger charge is 2.44. The van der Waals surface area contributed by atoms with Gasteiger partial charge in [-0.15, -0.1) is 11.8 Å². The van der Waals surface area contributed by atoms with E-state index in [1.807, 2.05) is 29.7 Å². The molecule has 1 saturated heterocycles. The molecule has 1 aromatic carbocycles. The molecule has 28 heavy (non-hydrogen) atoms. The number of hydrogen-bond donors (Lipinski definition) is 1. The Bertz CT molecular complexity index is 796. The number of aliphatic imine (C=N–C) groups is 1. The first-order valence-corrected chi connectivity index (χ1v) is 11.2. The summed E-state index contributed by atoms with van der Waals surface area (Å²) in [6.45, 7) is 6.15. The lowest BCUT2D eigenvalue weighted by atomic mass is 10.0. The molecule has 1 N–H and O–H groups in total. The van der Waals surface area contributed by atoms with Crippen LogP contribution in [0.25, 0.3) is 0 Å². The van der Waals surface area contributed by atoms with Crippen molar-refractivity contribution in [2.45, 2.75) is 42.2 Å². The highest BCUT2D eigenvalue weighted by Crippen LogP contribution is 2.51. The zero-order valence-corrected chi connectivity index (χ0v) is 17.8. The molecule has 1 aromatic heterocycles. The van der Waals surface area contributed by atoms with Gasteiger partial charge < -0.3 is 10.2 Å². The summed E-state index contributed by atoms with van der Waals surface area (Å²) in [4.78, 5) is 8.88. The fourth-order valence-electron chi connectivity index (χ4n) is 3.92. The van der Waals surface area contributed by atoms with Crippen molar-refractivity contribution in [3.05, 3.63) is 48.3 Å². The number of benzene rings is 1. The van der Waals surface area contributed by atoms with Gasteiger partial charge in [0, 0.05) is 42.5 Å². The quantitative estimate of drug-likeness (QED) is 0.573.